The van der Waals surface area contributed by atoms with Crippen LogP contribution < -0.4 is 0 Å². The molecule has 1 unspecified atom stereocenters. The summed E-state index contributed by atoms with van der Waals surface area (Å²) < 4.78 is 49.9. The first-order valence-corrected chi connectivity index (χ1v) is 7.66. The summed E-state index contributed by atoms with van der Waals surface area (Å²) in [6.45, 7) is 3.97. The maximum atomic E-state index is 12.5. The highest BCUT2D eigenvalue weighted by molar-refractivity contribution is 7.85. The van der Waals surface area contributed by atoms with E-state index in [1.807, 2.05) is 26.0 Å². The van der Waals surface area contributed by atoms with E-state index >= 15 is 0 Å². The van der Waals surface area contributed by atoms with Crippen molar-refractivity contribution in [2.45, 2.75) is 36.2 Å². The molecule has 0 saturated heterocycles. The Morgan fingerprint density at radius 3 is 2.05 bits per heavy atom. The predicted octanol–water partition coefficient (Wildman–Crippen LogP) is 4.74. The normalized spacial score (nSPS) is 13.2. The lowest BCUT2D eigenvalue weighted by Gasteiger charge is -2.09. The molecular formula is C16H15F3OS. The number of benzene rings is 2. The van der Waals surface area contributed by atoms with Gasteiger partial charge in [0.1, 0.15) is 0 Å². The Labute approximate surface area is 124 Å². The molecule has 5 heteroatoms. The van der Waals surface area contributed by atoms with Gasteiger partial charge < -0.3 is 0 Å². The molecule has 0 amide bonds. The number of aryl methyl sites for hydroxylation is 2. The maximum Gasteiger partial charge on any atom is 0.416 e. The number of hydrogen-bond donors (Lipinski definition) is 0. The first kappa shape index (κ1) is 15.8. The average Bonchev–Trinajstić information content (AvgIpc) is 2.45. The molecule has 0 saturated carbocycles. The Kier molecular flexibility index (Phi) is 4.52. The van der Waals surface area contributed by atoms with Gasteiger partial charge in [-0.1, -0.05) is 13.0 Å². The molecule has 0 radical (unpaired) electrons. The SMILES string of the molecule is CCc1ccc(S(=O)c2ccc(C(F)(F)F)cc2)cc1C. The van der Waals surface area contributed by atoms with Gasteiger partial charge in [-0.3, -0.25) is 0 Å². The molecule has 0 heterocycles. The zero-order valence-corrected chi connectivity index (χ0v) is 12.5. The van der Waals surface area contributed by atoms with Gasteiger partial charge in [-0.05, 0) is 60.9 Å². The minimum atomic E-state index is -4.38. The number of halogens is 3. The van der Waals surface area contributed by atoms with Crippen molar-refractivity contribution >= 4 is 10.8 Å². The van der Waals surface area contributed by atoms with Crippen LogP contribution in [-0.2, 0) is 23.4 Å². The summed E-state index contributed by atoms with van der Waals surface area (Å²) in [6.07, 6.45) is -3.49. The Morgan fingerprint density at radius 2 is 1.57 bits per heavy atom. The minimum absolute atomic E-state index is 0.367. The second kappa shape index (κ2) is 6.02. The summed E-state index contributed by atoms with van der Waals surface area (Å²) in [7, 11) is -1.47. The van der Waals surface area contributed by atoms with Crippen molar-refractivity contribution in [3.63, 3.8) is 0 Å². The van der Waals surface area contributed by atoms with Crippen molar-refractivity contribution in [1.29, 1.82) is 0 Å². The smallest absolute Gasteiger partial charge is 0.249 e. The van der Waals surface area contributed by atoms with Gasteiger partial charge in [-0.15, -0.1) is 0 Å². The quantitative estimate of drug-likeness (QED) is 0.800. The fourth-order valence-electron chi connectivity index (χ4n) is 2.08. The van der Waals surface area contributed by atoms with Gasteiger partial charge in [-0.2, -0.15) is 13.2 Å². The van der Waals surface area contributed by atoms with Crippen molar-refractivity contribution in [3.8, 4) is 0 Å². The van der Waals surface area contributed by atoms with E-state index < -0.39 is 22.5 Å². The van der Waals surface area contributed by atoms with Crippen LogP contribution in [0.1, 0.15) is 23.6 Å². The Balaban J connectivity index is 2.30. The van der Waals surface area contributed by atoms with Crippen LogP contribution in [0.3, 0.4) is 0 Å². The van der Waals surface area contributed by atoms with Crippen molar-refractivity contribution in [3.05, 3.63) is 59.2 Å². The summed E-state index contributed by atoms with van der Waals surface area (Å²) in [4.78, 5) is 0.969. The van der Waals surface area contributed by atoms with Crippen LogP contribution in [0.2, 0.25) is 0 Å². The van der Waals surface area contributed by atoms with E-state index in [2.05, 4.69) is 0 Å². The fourth-order valence-corrected chi connectivity index (χ4v) is 3.21. The van der Waals surface area contributed by atoms with Gasteiger partial charge >= 0.3 is 6.18 Å². The highest BCUT2D eigenvalue weighted by Crippen LogP contribution is 2.30. The molecule has 2 aromatic carbocycles. The molecule has 0 N–H and O–H groups in total. The highest BCUT2D eigenvalue weighted by atomic mass is 32.2. The highest BCUT2D eigenvalue weighted by Gasteiger charge is 2.30. The molecule has 0 aliphatic heterocycles. The molecule has 0 aliphatic rings. The summed E-state index contributed by atoms with van der Waals surface area (Å²) in [5, 5.41) is 0. The number of rotatable bonds is 3. The molecule has 0 aromatic heterocycles. The number of hydrogen-bond acceptors (Lipinski definition) is 1. The van der Waals surface area contributed by atoms with Crippen molar-refractivity contribution in [1.82, 2.24) is 0 Å². The van der Waals surface area contributed by atoms with Crippen LogP contribution in [0.4, 0.5) is 13.2 Å². The van der Waals surface area contributed by atoms with Crippen LogP contribution in [0.5, 0.6) is 0 Å². The third-order valence-corrected chi connectivity index (χ3v) is 4.69. The van der Waals surface area contributed by atoms with Crippen LogP contribution in [-0.4, -0.2) is 4.21 Å². The Hall–Kier alpha value is -1.62. The summed E-state index contributed by atoms with van der Waals surface area (Å²) in [6, 6.07) is 9.95. The van der Waals surface area contributed by atoms with E-state index in [1.165, 1.54) is 17.7 Å². The zero-order chi connectivity index (χ0) is 15.6. The van der Waals surface area contributed by atoms with Crippen molar-refractivity contribution < 1.29 is 17.4 Å². The second-order valence-electron chi connectivity index (χ2n) is 4.73. The first-order valence-electron chi connectivity index (χ1n) is 6.51. The van der Waals surface area contributed by atoms with E-state index in [0.717, 1.165) is 24.1 Å². The topological polar surface area (TPSA) is 17.1 Å². The summed E-state index contributed by atoms with van der Waals surface area (Å²) in [5.74, 6) is 0. The van der Waals surface area contributed by atoms with Gasteiger partial charge in [0.05, 0.1) is 16.4 Å². The van der Waals surface area contributed by atoms with E-state index in [0.29, 0.717) is 9.79 Å². The largest absolute Gasteiger partial charge is 0.416 e. The maximum absolute atomic E-state index is 12.5. The lowest BCUT2D eigenvalue weighted by atomic mass is 10.1. The van der Waals surface area contributed by atoms with Crippen LogP contribution in [0.15, 0.2) is 52.3 Å². The molecule has 21 heavy (non-hydrogen) atoms. The van der Waals surface area contributed by atoms with E-state index in [4.69, 9.17) is 0 Å². The minimum Gasteiger partial charge on any atom is -0.249 e. The Bertz CT molecular complexity index is 660. The zero-order valence-electron chi connectivity index (χ0n) is 11.7. The van der Waals surface area contributed by atoms with Crippen LogP contribution >= 0.6 is 0 Å². The van der Waals surface area contributed by atoms with Crippen molar-refractivity contribution in [2.24, 2.45) is 0 Å². The average molecular weight is 312 g/mol. The molecule has 1 nitrogen and oxygen atoms in total. The molecule has 0 bridgehead atoms. The van der Waals surface area contributed by atoms with E-state index in [-0.39, 0.29) is 0 Å². The predicted molar refractivity (Wildman–Crippen MR) is 76.7 cm³/mol. The van der Waals surface area contributed by atoms with Crippen LogP contribution in [0.25, 0.3) is 0 Å². The Morgan fingerprint density at radius 1 is 1.00 bits per heavy atom. The van der Waals surface area contributed by atoms with Gasteiger partial charge in [0.25, 0.3) is 0 Å². The van der Waals surface area contributed by atoms with Crippen molar-refractivity contribution in [2.75, 3.05) is 0 Å². The molecule has 112 valence electrons. The van der Waals surface area contributed by atoms with E-state index in [1.54, 1.807) is 6.07 Å². The first-order chi connectivity index (χ1) is 9.82. The van der Waals surface area contributed by atoms with Gasteiger partial charge in [0, 0.05) is 9.79 Å². The summed E-state index contributed by atoms with van der Waals surface area (Å²) in [5.41, 5.74) is 1.47. The molecule has 0 spiro atoms. The third-order valence-electron chi connectivity index (χ3n) is 3.30. The molecule has 0 fully saturated rings. The number of alkyl halides is 3. The fraction of sp³-hybridized carbons (Fsp3) is 0.250. The van der Waals surface area contributed by atoms with Crippen LogP contribution in [0, 0.1) is 6.92 Å². The molecular weight excluding hydrogens is 297 g/mol. The van der Waals surface area contributed by atoms with Gasteiger partial charge in [-0.25, -0.2) is 4.21 Å². The standard InChI is InChI=1S/C16H15F3OS/c1-3-12-4-7-15(10-11(12)2)21(20)14-8-5-13(6-9-14)16(17,18)19/h4-10H,3H2,1-2H3. The lowest BCUT2D eigenvalue weighted by molar-refractivity contribution is -0.137. The summed E-state index contributed by atoms with van der Waals surface area (Å²) >= 11 is 0. The molecule has 2 rings (SSSR count). The molecule has 0 aliphatic carbocycles. The molecule has 2 aromatic rings. The second-order valence-corrected chi connectivity index (χ2v) is 6.21. The third kappa shape index (κ3) is 3.53. The van der Waals surface area contributed by atoms with E-state index in [9.17, 15) is 17.4 Å². The molecule has 1 atom stereocenters. The van der Waals surface area contributed by atoms with Gasteiger partial charge in [0.2, 0.25) is 0 Å². The lowest BCUT2D eigenvalue weighted by Crippen LogP contribution is -2.05. The monoisotopic (exact) mass is 312 g/mol. The van der Waals surface area contributed by atoms with Gasteiger partial charge in [0.15, 0.2) is 0 Å².